The van der Waals surface area contributed by atoms with E-state index in [1.165, 1.54) is 53.1 Å². The summed E-state index contributed by atoms with van der Waals surface area (Å²) in [5, 5.41) is 21.7. The van der Waals surface area contributed by atoms with E-state index < -0.39 is 5.97 Å². The Balaban J connectivity index is 1.20. The van der Waals surface area contributed by atoms with Crippen molar-refractivity contribution in [2.45, 2.75) is 57.4 Å². The second-order valence-corrected chi connectivity index (χ2v) is 17.0. The van der Waals surface area contributed by atoms with Crippen molar-refractivity contribution in [3.05, 3.63) is 88.3 Å². The molecule has 284 valence electrons. The lowest BCUT2D eigenvalue weighted by Gasteiger charge is -2.34. The Morgan fingerprint density at radius 2 is 1.65 bits per heavy atom. The molecule has 2 aliphatic heterocycles. The molecule has 1 saturated heterocycles. The highest BCUT2D eigenvalue weighted by Gasteiger charge is 2.33. The number of fused-ring (bicyclic) bond motifs is 7. The van der Waals surface area contributed by atoms with Crippen LogP contribution in [0.5, 0.6) is 5.75 Å². The quantitative estimate of drug-likeness (QED) is 0.151. The minimum absolute atomic E-state index is 0.272. The maximum absolute atomic E-state index is 12.3. The number of thiophene rings is 1. The number of aromatic nitrogens is 2. The van der Waals surface area contributed by atoms with Gasteiger partial charge in [0.15, 0.2) is 0 Å². The van der Waals surface area contributed by atoms with Gasteiger partial charge in [-0.3, -0.25) is 0 Å². The highest BCUT2D eigenvalue weighted by Crippen LogP contribution is 2.51. The predicted molar refractivity (Wildman–Crippen MR) is 224 cm³/mol. The molecule has 0 atom stereocenters. The molecule has 8 nitrogen and oxygen atoms in total. The van der Waals surface area contributed by atoms with Gasteiger partial charge in [-0.2, -0.15) is 0 Å². The molecule has 0 unspecified atom stereocenters. The van der Waals surface area contributed by atoms with Crippen LogP contribution in [0.3, 0.4) is 0 Å². The summed E-state index contributed by atoms with van der Waals surface area (Å²) in [5.74, 6) is 0.717. The van der Waals surface area contributed by atoms with Crippen molar-refractivity contribution in [1.82, 2.24) is 14.5 Å². The smallest absolute Gasteiger partial charge is 0.345 e. The zero-order valence-corrected chi connectivity index (χ0v) is 32.8. The summed E-state index contributed by atoms with van der Waals surface area (Å²) in [6.45, 7) is 5.66. The van der Waals surface area contributed by atoms with Crippen LogP contribution in [0.1, 0.15) is 66.1 Å². The summed E-state index contributed by atoms with van der Waals surface area (Å²) in [6, 6.07) is 24.9. The molecular formula is C45H47ClN4O4S. The lowest BCUT2D eigenvalue weighted by molar-refractivity contribution is 0.0702. The van der Waals surface area contributed by atoms with E-state index in [4.69, 9.17) is 21.3 Å². The fourth-order valence-corrected chi connectivity index (χ4v) is 10.6. The minimum Gasteiger partial charge on any atom is -0.497 e. The molecule has 55 heavy (non-hydrogen) atoms. The zero-order chi connectivity index (χ0) is 37.6. The van der Waals surface area contributed by atoms with Gasteiger partial charge in [-0.25, -0.2) is 9.78 Å². The fraction of sp³-hybridized carbons (Fsp3) is 0.378. The van der Waals surface area contributed by atoms with E-state index in [1.54, 1.807) is 7.11 Å². The molecule has 0 radical (unpaired) electrons. The number of halogens is 1. The summed E-state index contributed by atoms with van der Waals surface area (Å²) < 4.78 is 9.28. The van der Waals surface area contributed by atoms with Crippen molar-refractivity contribution in [3.8, 4) is 39.4 Å². The van der Waals surface area contributed by atoms with Gasteiger partial charge in [0.2, 0.25) is 0 Å². The number of hydrogen-bond donors (Lipinski definition) is 2. The third-order valence-electron chi connectivity index (χ3n) is 12.3. The Labute approximate surface area is 330 Å². The normalized spacial score (nSPS) is 17.0. The molecule has 1 aliphatic carbocycles. The van der Waals surface area contributed by atoms with Gasteiger partial charge >= 0.3 is 5.97 Å². The van der Waals surface area contributed by atoms with Crippen LogP contribution >= 0.6 is 22.9 Å². The zero-order valence-electron chi connectivity index (χ0n) is 31.3. The number of aliphatic hydroxyl groups excluding tert-OH is 1. The second-order valence-electron chi connectivity index (χ2n) is 15.5. The predicted octanol–water partition coefficient (Wildman–Crippen LogP) is 10.2. The summed E-state index contributed by atoms with van der Waals surface area (Å²) in [4.78, 5) is 23.2. The standard InChI is InChI=1S/C45H47ClN4O4S/c1-54-32-11-12-33(29-7-9-31(46)10-8-29)36(25-32)38-15-13-34-37(47-38)16-14-35-42(34)49(22-21-48-19-17-28(27-51)18-20-48)23-24-50-39-26-40(45(52)53)55-44(39)41(43(35)50)30-5-3-2-4-6-30/h7-16,25-26,28,30,51H,2-6,17-24,27H2,1H3,(H,52,53). The Morgan fingerprint density at radius 1 is 0.873 bits per heavy atom. The molecule has 0 spiro atoms. The Hall–Kier alpha value is -4.41. The summed E-state index contributed by atoms with van der Waals surface area (Å²) in [5.41, 5.74) is 11.0. The second kappa shape index (κ2) is 15.3. The minimum atomic E-state index is -0.853. The van der Waals surface area contributed by atoms with Crippen molar-refractivity contribution in [2.75, 3.05) is 51.3 Å². The largest absolute Gasteiger partial charge is 0.497 e. The number of methoxy groups -OCH3 is 1. The fourth-order valence-electron chi connectivity index (χ4n) is 9.37. The number of aliphatic hydroxyl groups is 1. The number of likely N-dealkylation sites (tertiary alicyclic amines) is 1. The number of pyridine rings is 1. The Kier molecular flexibility index (Phi) is 10.1. The van der Waals surface area contributed by atoms with E-state index in [2.05, 4.69) is 50.8 Å². The van der Waals surface area contributed by atoms with Crippen molar-refractivity contribution >= 4 is 55.7 Å². The van der Waals surface area contributed by atoms with E-state index >= 15 is 0 Å². The number of hydrogen-bond acceptors (Lipinski definition) is 7. The molecule has 0 amide bonds. The van der Waals surface area contributed by atoms with Crippen molar-refractivity contribution in [1.29, 1.82) is 0 Å². The van der Waals surface area contributed by atoms with E-state index in [1.807, 2.05) is 36.4 Å². The van der Waals surface area contributed by atoms with Crippen LogP contribution in [0.25, 0.3) is 54.8 Å². The van der Waals surface area contributed by atoms with E-state index in [0.717, 1.165) is 114 Å². The highest BCUT2D eigenvalue weighted by molar-refractivity contribution is 7.21. The topological polar surface area (TPSA) is 91.1 Å². The van der Waals surface area contributed by atoms with E-state index in [9.17, 15) is 15.0 Å². The van der Waals surface area contributed by atoms with Crippen LogP contribution in [-0.4, -0.2) is 77.1 Å². The molecule has 9 rings (SSSR count). The lowest BCUT2D eigenvalue weighted by atomic mass is 9.82. The molecule has 3 aromatic carbocycles. The van der Waals surface area contributed by atoms with Crippen LogP contribution in [0.15, 0.2) is 72.8 Å². The summed E-state index contributed by atoms with van der Waals surface area (Å²) in [7, 11) is 1.69. The lowest BCUT2D eigenvalue weighted by Crippen LogP contribution is -2.41. The molecule has 6 aromatic rings. The average molecular weight is 775 g/mol. The van der Waals surface area contributed by atoms with Crippen LogP contribution < -0.4 is 9.64 Å². The van der Waals surface area contributed by atoms with Crippen LogP contribution in [0.2, 0.25) is 5.02 Å². The van der Waals surface area contributed by atoms with Crippen molar-refractivity contribution in [2.24, 2.45) is 5.92 Å². The number of ether oxygens (including phenoxy) is 1. The third-order valence-corrected chi connectivity index (χ3v) is 13.7. The summed E-state index contributed by atoms with van der Waals surface area (Å²) >= 11 is 7.73. The Bertz CT molecular complexity index is 2370. The number of nitrogens with zero attached hydrogens (tertiary/aromatic N) is 4. The number of carboxylic acids is 1. The van der Waals surface area contributed by atoms with Gasteiger partial charge in [0, 0.05) is 54.3 Å². The maximum Gasteiger partial charge on any atom is 0.345 e. The van der Waals surface area contributed by atoms with Gasteiger partial charge in [-0.05, 0) is 122 Å². The maximum atomic E-state index is 12.3. The van der Waals surface area contributed by atoms with Gasteiger partial charge in [-0.15, -0.1) is 11.3 Å². The van der Waals surface area contributed by atoms with Crippen LogP contribution in [-0.2, 0) is 6.54 Å². The molecule has 3 aromatic heterocycles. The monoisotopic (exact) mass is 774 g/mol. The van der Waals surface area contributed by atoms with E-state index in [-0.39, 0.29) is 6.61 Å². The molecule has 2 fully saturated rings. The number of carboxylic acid groups (broad SMARTS) is 1. The molecular weight excluding hydrogens is 728 g/mol. The first-order valence-corrected chi connectivity index (χ1v) is 21.0. The molecule has 2 N–H and O–H groups in total. The third kappa shape index (κ3) is 6.79. The number of carbonyl (C=O) groups is 1. The van der Waals surface area contributed by atoms with Crippen LogP contribution in [0, 0.1) is 5.92 Å². The van der Waals surface area contributed by atoms with Gasteiger partial charge in [0.1, 0.15) is 10.6 Å². The average Bonchev–Trinajstić information content (AvgIpc) is 3.74. The van der Waals surface area contributed by atoms with Crippen LogP contribution in [0.4, 0.5) is 5.69 Å². The van der Waals surface area contributed by atoms with Gasteiger partial charge in [0.25, 0.3) is 0 Å². The first-order chi connectivity index (χ1) is 26.9. The molecule has 1 saturated carbocycles. The molecule has 10 heteroatoms. The SMILES string of the molecule is COc1ccc(-c2ccc(Cl)cc2)c(-c2ccc3c4c(ccc3n2)-c2c(C3CCCCC3)c3sc(C(=O)O)cc3n2CCN4CCN2CCC(CO)CC2)c1. The molecule has 3 aliphatic rings. The van der Waals surface area contributed by atoms with Crippen molar-refractivity contribution < 1.29 is 19.7 Å². The van der Waals surface area contributed by atoms with Gasteiger partial charge < -0.3 is 29.3 Å². The molecule has 0 bridgehead atoms. The number of rotatable bonds is 9. The Morgan fingerprint density at radius 3 is 2.40 bits per heavy atom. The number of benzene rings is 3. The first-order valence-electron chi connectivity index (χ1n) is 19.8. The number of anilines is 1. The van der Waals surface area contributed by atoms with Gasteiger partial charge in [-0.1, -0.05) is 49.1 Å². The van der Waals surface area contributed by atoms with E-state index in [0.29, 0.717) is 21.7 Å². The number of aromatic carboxylic acids is 1. The number of piperidine rings is 1. The highest BCUT2D eigenvalue weighted by atomic mass is 35.5. The molecule has 5 heterocycles. The summed E-state index contributed by atoms with van der Waals surface area (Å²) in [6.07, 6.45) is 7.98. The van der Waals surface area contributed by atoms with Crippen molar-refractivity contribution in [3.63, 3.8) is 0 Å². The first kappa shape index (κ1) is 36.2. The van der Waals surface area contributed by atoms with Gasteiger partial charge in [0.05, 0.1) is 39.9 Å².